The third-order valence-corrected chi connectivity index (χ3v) is 3.71. The first-order chi connectivity index (χ1) is 10.8. The molecule has 1 heterocycles. The Bertz CT molecular complexity index is 767. The molecule has 3 rings (SSSR count). The highest BCUT2D eigenvalue weighted by atomic mass is 16.5. The third kappa shape index (κ3) is 2.48. The first-order valence-corrected chi connectivity index (χ1v) is 7.02. The van der Waals surface area contributed by atoms with Gasteiger partial charge < -0.3 is 19.2 Å². The molecule has 0 aliphatic heterocycles. The molecule has 4 nitrogen and oxygen atoms in total. The van der Waals surface area contributed by atoms with Crippen LogP contribution in [0, 0.1) is 6.07 Å². The quantitative estimate of drug-likeness (QED) is 0.782. The molecule has 0 unspecified atom stereocenters. The van der Waals surface area contributed by atoms with Gasteiger partial charge in [0.2, 0.25) is 5.75 Å². The van der Waals surface area contributed by atoms with E-state index in [1.165, 1.54) is 5.56 Å². The molecule has 3 aromatic rings. The second-order valence-corrected chi connectivity index (χ2v) is 4.98. The number of aromatic amines is 1. The summed E-state index contributed by atoms with van der Waals surface area (Å²) < 4.78 is 16.2. The van der Waals surface area contributed by atoms with Crippen molar-refractivity contribution < 1.29 is 14.2 Å². The zero-order valence-electron chi connectivity index (χ0n) is 12.9. The highest BCUT2D eigenvalue weighted by Crippen LogP contribution is 2.39. The molecular weight excluding hydrogens is 278 g/mol. The van der Waals surface area contributed by atoms with Crippen molar-refractivity contribution in [2.75, 3.05) is 21.3 Å². The molecule has 1 N–H and O–H groups in total. The molecule has 1 aromatic heterocycles. The fraction of sp³-hybridized carbons (Fsp3) is 0.222. The van der Waals surface area contributed by atoms with E-state index in [2.05, 4.69) is 17.1 Å². The topological polar surface area (TPSA) is 43.5 Å². The Morgan fingerprint density at radius 3 is 2.36 bits per heavy atom. The van der Waals surface area contributed by atoms with Crippen LogP contribution in [-0.2, 0) is 6.42 Å². The van der Waals surface area contributed by atoms with Crippen LogP contribution in [0.25, 0.3) is 10.9 Å². The number of H-pyrrole nitrogens is 1. The van der Waals surface area contributed by atoms with Crippen molar-refractivity contribution in [3.63, 3.8) is 0 Å². The molecule has 0 saturated carbocycles. The van der Waals surface area contributed by atoms with E-state index >= 15 is 0 Å². The Balaban J connectivity index is 2.03. The molecule has 0 amide bonds. The van der Waals surface area contributed by atoms with E-state index in [0.717, 1.165) is 22.9 Å². The van der Waals surface area contributed by atoms with Crippen molar-refractivity contribution in [1.29, 1.82) is 0 Å². The van der Waals surface area contributed by atoms with E-state index in [4.69, 9.17) is 14.2 Å². The number of hydrogen-bond donors (Lipinski definition) is 1. The Kier molecular flexibility index (Phi) is 3.92. The number of fused-ring (bicyclic) bond motifs is 1. The smallest absolute Gasteiger partial charge is 0.203 e. The van der Waals surface area contributed by atoms with Gasteiger partial charge in [-0.3, -0.25) is 0 Å². The third-order valence-electron chi connectivity index (χ3n) is 3.71. The van der Waals surface area contributed by atoms with E-state index < -0.39 is 0 Å². The standard InChI is InChI=1S/C18H18NO3/c1-20-16-10-12(11-17(21-2)18(16)22-3)9-13-5-4-6-15-14(13)7-8-19-15/h4-6,8,10-11,19H,9H2,1-3H3. The van der Waals surface area contributed by atoms with Crippen LogP contribution in [0.4, 0.5) is 0 Å². The average Bonchev–Trinajstić information content (AvgIpc) is 3.03. The lowest BCUT2D eigenvalue weighted by Crippen LogP contribution is -1.98. The Morgan fingerprint density at radius 2 is 1.73 bits per heavy atom. The number of benzene rings is 2. The molecule has 22 heavy (non-hydrogen) atoms. The first-order valence-electron chi connectivity index (χ1n) is 7.02. The van der Waals surface area contributed by atoms with Gasteiger partial charge in [-0.15, -0.1) is 0 Å². The molecule has 0 fully saturated rings. The molecule has 0 aliphatic carbocycles. The maximum atomic E-state index is 5.41. The summed E-state index contributed by atoms with van der Waals surface area (Å²) in [6.07, 6.45) is 2.60. The van der Waals surface area contributed by atoms with Gasteiger partial charge in [0.15, 0.2) is 11.5 Å². The lowest BCUT2D eigenvalue weighted by molar-refractivity contribution is 0.324. The van der Waals surface area contributed by atoms with Crippen molar-refractivity contribution in [1.82, 2.24) is 4.98 Å². The van der Waals surface area contributed by atoms with Gasteiger partial charge in [-0.05, 0) is 35.7 Å². The second kappa shape index (κ2) is 6.02. The van der Waals surface area contributed by atoms with Crippen molar-refractivity contribution in [3.8, 4) is 17.2 Å². The lowest BCUT2D eigenvalue weighted by atomic mass is 10.0. The molecular formula is C18H18NO3. The summed E-state index contributed by atoms with van der Waals surface area (Å²) in [4.78, 5) is 3.18. The Hall–Kier alpha value is -2.62. The van der Waals surface area contributed by atoms with Crippen LogP contribution in [0.3, 0.4) is 0 Å². The van der Waals surface area contributed by atoms with Crippen LogP contribution in [0.2, 0.25) is 0 Å². The van der Waals surface area contributed by atoms with Crippen LogP contribution in [0.5, 0.6) is 17.2 Å². The molecule has 0 atom stereocenters. The van der Waals surface area contributed by atoms with Gasteiger partial charge in [0.05, 0.1) is 21.3 Å². The van der Waals surface area contributed by atoms with Crippen LogP contribution in [0.15, 0.2) is 36.5 Å². The maximum Gasteiger partial charge on any atom is 0.203 e. The molecule has 113 valence electrons. The van der Waals surface area contributed by atoms with Gasteiger partial charge in [0, 0.05) is 23.2 Å². The van der Waals surface area contributed by atoms with Crippen LogP contribution < -0.4 is 14.2 Å². The summed E-state index contributed by atoms with van der Waals surface area (Å²) in [7, 11) is 4.86. The van der Waals surface area contributed by atoms with Gasteiger partial charge in [-0.2, -0.15) is 0 Å². The second-order valence-electron chi connectivity index (χ2n) is 4.98. The SMILES string of the molecule is COc1cc(Cc2cccc3[nH]c[c]c23)cc(OC)c1OC. The minimum Gasteiger partial charge on any atom is -0.493 e. The molecule has 1 radical (unpaired) electrons. The molecule has 0 saturated heterocycles. The lowest BCUT2D eigenvalue weighted by Gasteiger charge is -2.14. The van der Waals surface area contributed by atoms with E-state index in [1.54, 1.807) is 21.3 Å². The van der Waals surface area contributed by atoms with Crippen molar-refractivity contribution in [2.24, 2.45) is 0 Å². The van der Waals surface area contributed by atoms with Gasteiger partial charge in [0.1, 0.15) is 0 Å². The first kappa shape index (κ1) is 14.3. The van der Waals surface area contributed by atoms with E-state index in [1.807, 2.05) is 30.5 Å². The molecule has 0 bridgehead atoms. The predicted molar refractivity (Wildman–Crippen MR) is 86.0 cm³/mol. The fourth-order valence-corrected chi connectivity index (χ4v) is 2.68. The van der Waals surface area contributed by atoms with Crippen LogP contribution in [0.1, 0.15) is 11.1 Å². The number of methoxy groups -OCH3 is 3. The van der Waals surface area contributed by atoms with Gasteiger partial charge >= 0.3 is 0 Å². The largest absolute Gasteiger partial charge is 0.493 e. The zero-order chi connectivity index (χ0) is 15.5. The van der Waals surface area contributed by atoms with E-state index in [-0.39, 0.29) is 0 Å². The molecule has 4 heteroatoms. The number of nitrogens with one attached hydrogen (secondary N) is 1. The normalized spacial score (nSPS) is 10.7. The van der Waals surface area contributed by atoms with Crippen molar-refractivity contribution >= 4 is 10.9 Å². The summed E-state index contributed by atoms with van der Waals surface area (Å²) in [6, 6.07) is 13.4. The summed E-state index contributed by atoms with van der Waals surface area (Å²) in [5.41, 5.74) is 3.38. The van der Waals surface area contributed by atoms with Gasteiger partial charge in [-0.25, -0.2) is 0 Å². The predicted octanol–water partition coefficient (Wildman–Crippen LogP) is 3.58. The highest BCUT2D eigenvalue weighted by Gasteiger charge is 2.14. The van der Waals surface area contributed by atoms with Gasteiger partial charge in [-0.1, -0.05) is 12.1 Å². The number of ether oxygens (including phenoxy) is 3. The minimum atomic E-state index is 0.611. The average molecular weight is 296 g/mol. The number of aromatic nitrogens is 1. The minimum absolute atomic E-state index is 0.611. The number of hydrogen-bond acceptors (Lipinski definition) is 3. The maximum absolute atomic E-state index is 5.41. The van der Waals surface area contributed by atoms with E-state index in [9.17, 15) is 0 Å². The summed E-state index contributed by atoms with van der Waals surface area (Å²) in [5, 5.41) is 1.11. The van der Waals surface area contributed by atoms with Gasteiger partial charge in [0.25, 0.3) is 0 Å². The Morgan fingerprint density at radius 1 is 1.00 bits per heavy atom. The van der Waals surface area contributed by atoms with Crippen LogP contribution in [-0.4, -0.2) is 26.3 Å². The zero-order valence-corrected chi connectivity index (χ0v) is 12.9. The van der Waals surface area contributed by atoms with Crippen molar-refractivity contribution in [3.05, 3.63) is 53.7 Å². The molecule has 0 aliphatic rings. The summed E-state index contributed by atoms with van der Waals surface area (Å²) in [5.74, 6) is 1.95. The summed E-state index contributed by atoms with van der Waals surface area (Å²) in [6.45, 7) is 0. The monoisotopic (exact) mass is 296 g/mol. The van der Waals surface area contributed by atoms with Crippen LogP contribution >= 0.6 is 0 Å². The fourth-order valence-electron chi connectivity index (χ4n) is 2.68. The number of rotatable bonds is 5. The highest BCUT2D eigenvalue weighted by molar-refractivity contribution is 5.82. The summed E-state index contributed by atoms with van der Waals surface area (Å²) >= 11 is 0. The molecule has 2 aromatic carbocycles. The Labute approximate surface area is 129 Å². The van der Waals surface area contributed by atoms with Crippen molar-refractivity contribution in [2.45, 2.75) is 6.42 Å². The van der Waals surface area contributed by atoms with E-state index in [0.29, 0.717) is 17.2 Å². The molecule has 0 spiro atoms.